The van der Waals surface area contributed by atoms with E-state index in [0.717, 1.165) is 31.9 Å². The van der Waals surface area contributed by atoms with E-state index in [2.05, 4.69) is 22.2 Å². The first-order chi connectivity index (χ1) is 11.6. The molecule has 0 spiro atoms. The molecule has 1 unspecified atom stereocenters. The Kier molecular flexibility index (Phi) is 5.13. The van der Waals surface area contributed by atoms with Gasteiger partial charge in [-0.05, 0) is 36.9 Å². The van der Waals surface area contributed by atoms with Gasteiger partial charge in [0.2, 0.25) is 0 Å². The van der Waals surface area contributed by atoms with E-state index >= 15 is 0 Å². The molecule has 1 fully saturated rings. The highest BCUT2D eigenvalue weighted by Crippen LogP contribution is 2.21. The summed E-state index contributed by atoms with van der Waals surface area (Å²) in [4.78, 5) is 16.8. The number of rotatable bonds is 4. The van der Waals surface area contributed by atoms with Gasteiger partial charge < -0.3 is 20.2 Å². The van der Waals surface area contributed by atoms with Crippen LogP contribution < -0.4 is 10.2 Å². The Morgan fingerprint density at radius 3 is 2.25 bits per heavy atom. The molecule has 1 saturated heterocycles. The number of likely N-dealkylation sites (N-methyl/N-ethyl adjacent to an activating group) is 1. The Hall–Kier alpha value is -2.37. The standard InChI is InChI=1S/C19H23N3O2/c1-21-11-13-22(14-12-21)17-9-7-16(8-10-17)20-19(24)18(23)15-5-3-2-4-6-15/h2-10,18,23H,11-14H2,1H3,(H,20,24). The van der Waals surface area contributed by atoms with Crippen molar-refractivity contribution in [2.75, 3.05) is 43.4 Å². The average Bonchev–Trinajstić information content (AvgIpc) is 2.63. The maximum absolute atomic E-state index is 12.2. The molecule has 0 radical (unpaired) electrons. The highest BCUT2D eigenvalue weighted by Gasteiger charge is 2.18. The minimum atomic E-state index is -1.16. The van der Waals surface area contributed by atoms with E-state index in [1.807, 2.05) is 30.3 Å². The van der Waals surface area contributed by atoms with Crippen LogP contribution in [0.15, 0.2) is 54.6 Å². The van der Waals surface area contributed by atoms with Gasteiger partial charge in [0.1, 0.15) is 0 Å². The maximum Gasteiger partial charge on any atom is 0.257 e. The fraction of sp³-hybridized carbons (Fsp3) is 0.316. The van der Waals surface area contributed by atoms with Gasteiger partial charge in [-0.15, -0.1) is 0 Å². The van der Waals surface area contributed by atoms with E-state index in [1.165, 1.54) is 0 Å². The van der Waals surface area contributed by atoms with E-state index in [4.69, 9.17) is 0 Å². The van der Waals surface area contributed by atoms with Crippen molar-refractivity contribution in [3.63, 3.8) is 0 Å². The summed E-state index contributed by atoms with van der Waals surface area (Å²) in [7, 11) is 2.13. The summed E-state index contributed by atoms with van der Waals surface area (Å²) in [6, 6.07) is 16.7. The molecular weight excluding hydrogens is 302 g/mol. The van der Waals surface area contributed by atoms with Crippen LogP contribution in [0, 0.1) is 0 Å². The second kappa shape index (κ2) is 7.47. The fourth-order valence-electron chi connectivity index (χ4n) is 2.82. The number of anilines is 2. The highest BCUT2D eigenvalue weighted by atomic mass is 16.3. The van der Waals surface area contributed by atoms with Gasteiger partial charge in [0.15, 0.2) is 6.10 Å². The Labute approximate surface area is 142 Å². The fourth-order valence-corrected chi connectivity index (χ4v) is 2.82. The molecule has 1 heterocycles. The summed E-state index contributed by atoms with van der Waals surface area (Å²) in [5.41, 5.74) is 2.43. The van der Waals surface area contributed by atoms with Crippen molar-refractivity contribution >= 4 is 17.3 Å². The number of carbonyl (C=O) groups is 1. The topological polar surface area (TPSA) is 55.8 Å². The number of nitrogens with zero attached hydrogens (tertiary/aromatic N) is 2. The van der Waals surface area contributed by atoms with Crippen LogP contribution in [0.5, 0.6) is 0 Å². The van der Waals surface area contributed by atoms with Gasteiger partial charge in [-0.2, -0.15) is 0 Å². The van der Waals surface area contributed by atoms with E-state index in [0.29, 0.717) is 11.3 Å². The molecule has 2 aromatic carbocycles. The van der Waals surface area contributed by atoms with Crippen molar-refractivity contribution in [2.45, 2.75) is 6.10 Å². The SMILES string of the molecule is CN1CCN(c2ccc(NC(=O)C(O)c3ccccc3)cc2)CC1. The van der Waals surface area contributed by atoms with Crippen LogP contribution in [-0.2, 0) is 4.79 Å². The minimum Gasteiger partial charge on any atom is -0.378 e. The smallest absolute Gasteiger partial charge is 0.257 e. The highest BCUT2D eigenvalue weighted by molar-refractivity contribution is 5.94. The third-order valence-corrected chi connectivity index (χ3v) is 4.37. The lowest BCUT2D eigenvalue weighted by Crippen LogP contribution is -2.44. The molecule has 24 heavy (non-hydrogen) atoms. The molecule has 0 saturated carbocycles. The summed E-state index contributed by atoms with van der Waals surface area (Å²) in [6.07, 6.45) is -1.16. The Morgan fingerprint density at radius 2 is 1.62 bits per heavy atom. The van der Waals surface area contributed by atoms with E-state index < -0.39 is 12.0 Å². The van der Waals surface area contributed by atoms with Gasteiger partial charge in [0.25, 0.3) is 5.91 Å². The summed E-state index contributed by atoms with van der Waals surface area (Å²) in [6.45, 7) is 4.13. The first-order valence-corrected chi connectivity index (χ1v) is 8.21. The largest absolute Gasteiger partial charge is 0.378 e. The second-order valence-electron chi connectivity index (χ2n) is 6.14. The number of nitrogens with one attached hydrogen (secondary N) is 1. The molecule has 126 valence electrons. The predicted molar refractivity (Wildman–Crippen MR) is 96.2 cm³/mol. The zero-order chi connectivity index (χ0) is 16.9. The lowest BCUT2D eigenvalue weighted by atomic mass is 10.1. The number of hydrogen-bond donors (Lipinski definition) is 2. The van der Waals surface area contributed by atoms with Crippen molar-refractivity contribution in [1.29, 1.82) is 0 Å². The number of aliphatic hydroxyl groups excluding tert-OH is 1. The monoisotopic (exact) mass is 325 g/mol. The molecule has 1 aliphatic rings. The first-order valence-electron chi connectivity index (χ1n) is 8.21. The Bertz CT molecular complexity index is 665. The van der Waals surface area contributed by atoms with E-state index in [1.54, 1.807) is 24.3 Å². The third-order valence-electron chi connectivity index (χ3n) is 4.37. The zero-order valence-corrected chi connectivity index (χ0v) is 13.9. The molecule has 1 amide bonds. The van der Waals surface area contributed by atoms with Crippen LogP contribution in [0.1, 0.15) is 11.7 Å². The van der Waals surface area contributed by atoms with Crippen molar-refractivity contribution in [3.05, 3.63) is 60.2 Å². The summed E-state index contributed by atoms with van der Waals surface area (Å²) in [5, 5.41) is 12.9. The van der Waals surface area contributed by atoms with Crippen LogP contribution in [0.25, 0.3) is 0 Å². The summed E-state index contributed by atoms with van der Waals surface area (Å²) >= 11 is 0. The first kappa shape index (κ1) is 16.5. The molecule has 2 aromatic rings. The van der Waals surface area contributed by atoms with Gasteiger partial charge in [0.05, 0.1) is 0 Å². The maximum atomic E-state index is 12.2. The Balaban J connectivity index is 1.61. The molecule has 0 bridgehead atoms. The van der Waals surface area contributed by atoms with Gasteiger partial charge in [-0.1, -0.05) is 30.3 Å². The Morgan fingerprint density at radius 1 is 1.00 bits per heavy atom. The number of aliphatic hydroxyl groups is 1. The molecule has 2 N–H and O–H groups in total. The molecule has 1 atom stereocenters. The van der Waals surface area contributed by atoms with Crippen molar-refractivity contribution in [2.24, 2.45) is 0 Å². The molecule has 5 nitrogen and oxygen atoms in total. The van der Waals surface area contributed by atoms with Crippen LogP contribution >= 0.6 is 0 Å². The molecule has 0 aromatic heterocycles. The molecule has 3 rings (SSSR count). The number of piperazine rings is 1. The lowest BCUT2D eigenvalue weighted by Gasteiger charge is -2.34. The third kappa shape index (κ3) is 3.93. The van der Waals surface area contributed by atoms with Gasteiger partial charge in [-0.3, -0.25) is 4.79 Å². The van der Waals surface area contributed by atoms with Gasteiger partial charge in [-0.25, -0.2) is 0 Å². The average molecular weight is 325 g/mol. The van der Waals surface area contributed by atoms with E-state index in [9.17, 15) is 9.90 Å². The minimum absolute atomic E-state index is 0.423. The van der Waals surface area contributed by atoms with Crippen LogP contribution in [-0.4, -0.2) is 49.1 Å². The van der Waals surface area contributed by atoms with Gasteiger partial charge >= 0.3 is 0 Å². The predicted octanol–water partition coefficient (Wildman–Crippen LogP) is 2.11. The number of amides is 1. The number of carbonyl (C=O) groups excluding carboxylic acids is 1. The molecular formula is C19H23N3O2. The second-order valence-corrected chi connectivity index (χ2v) is 6.14. The van der Waals surface area contributed by atoms with Crippen molar-refractivity contribution in [1.82, 2.24) is 4.90 Å². The van der Waals surface area contributed by atoms with Gasteiger partial charge in [0, 0.05) is 37.6 Å². The summed E-state index contributed by atoms with van der Waals surface area (Å²) in [5.74, 6) is -0.423. The molecule has 1 aliphatic heterocycles. The van der Waals surface area contributed by atoms with Crippen LogP contribution in [0.4, 0.5) is 11.4 Å². The van der Waals surface area contributed by atoms with Crippen LogP contribution in [0.3, 0.4) is 0 Å². The zero-order valence-electron chi connectivity index (χ0n) is 13.9. The van der Waals surface area contributed by atoms with E-state index in [-0.39, 0.29) is 0 Å². The molecule has 0 aliphatic carbocycles. The number of hydrogen-bond acceptors (Lipinski definition) is 4. The van der Waals surface area contributed by atoms with Crippen LogP contribution in [0.2, 0.25) is 0 Å². The van der Waals surface area contributed by atoms with Crippen molar-refractivity contribution < 1.29 is 9.90 Å². The van der Waals surface area contributed by atoms with Crippen molar-refractivity contribution in [3.8, 4) is 0 Å². The molecule has 5 heteroatoms. The quantitative estimate of drug-likeness (QED) is 0.904. The lowest BCUT2D eigenvalue weighted by molar-refractivity contribution is -0.124. The summed E-state index contributed by atoms with van der Waals surface area (Å²) < 4.78 is 0. The number of benzene rings is 2. The normalized spacial score (nSPS) is 16.7.